The molecule has 1 saturated heterocycles. The first-order valence-corrected chi connectivity index (χ1v) is 9.29. The van der Waals surface area contributed by atoms with Gasteiger partial charge in [-0.25, -0.2) is 0 Å². The standard InChI is InChI=1S/C18H30N8/c1-15(14-25-10-8-24(3)9-11-25)12-20-18(19-2)21-13-17-23-22-16-6-4-5-7-26(16)17/h4-7,15H,8-14H2,1-3H3,(H2,19,20,21). The van der Waals surface area contributed by atoms with E-state index in [0.29, 0.717) is 12.5 Å². The average molecular weight is 358 g/mol. The Bertz CT molecular complexity index is 717. The number of nitrogens with zero attached hydrogens (tertiary/aromatic N) is 6. The maximum Gasteiger partial charge on any atom is 0.191 e. The third-order valence-corrected chi connectivity index (χ3v) is 4.81. The van der Waals surface area contributed by atoms with Gasteiger partial charge in [0.15, 0.2) is 17.4 Å². The molecule has 2 aromatic heterocycles. The molecule has 1 atom stereocenters. The summed E-state index contributed by atoms with van der Waals surface area (Å²) in [6, 6.07) is 5.89. The lowest BCUT2D eigenvalue weighted by molar-refractivity contribution is 0.139. The summed E-state index contributed by atoms with van der Waals surface area (Å²) in [6.07, 6.45) is 1.97. The van der Waals surface area contributed by atoms with Gasteiger partial charge in [-0.2, -0.15) is 0 Å². The van der Waals surface area contributed by atoms with E-state index in [4.69, 9.17) is 0 Å². The number of hydrogen-bond donors (Lipinski definition) is 2. The normalized spacial score (nSPS) is 18.2. The number of guanidine groups is 1. The van der Waals surface area contributed by atoms with Crippen LogP contribution in [0.15, 0.2) is 29.4 Å². The van der Waals surface area contributed by atoms with Gasteiger partial charge in [-0.1, -0.05) is 13.0 Å². The molecule has 3 heterocycles. The fourth-order valence-corrected chi connectivity index (χ4v) is 3.20. The summed E-state index contributed by atoms with van der Waals surface area (Å²) < 4.78 is 1.98. The second-order valence-corrected chi connectivity index (χ2v) is 7.06. The second kappa shape index (κ2) is 8.95. The van der Waals surface area contributed by atoms with E-state index in [1.807, 2.05) is 28.8 Å². The topological polar surface area (TPSA) is 73.1 Å². The van der Waals surface area contributed by atoms with Crippen molar-refractivity contribution in [2.45, 2.75) is 13.5 Å². The van der Waals surface area contributed by atoms with Crippen LogP contribution in [0.25, 0.3) is 5.65 Å². The Hall–Kier alpha value is -2.19. The maximum absolute atomic E-state index is 4.31. The largest absolute Gasteiger partial charge is 0.356 e. The van der Waals surface area contributed by atoms with Crippen LogP contribution in [0.4, 0.5) is 0 Å². The van der Waals surface area contributed by atoms with Crippen molar-refractivity contribution < 1.29 is 0 Å². The molecule has 0 bridgehead atoms. The fraction of sp³-hybridized carbons (Fsp3) is 0.611. The van der Waals surface area contributed by atoms with E-state index in [0.717, 1.165) is 56.7 Å². The molecule has 0 radical (unpaired) electrons. The highest BCUT2D eigenvalue weighted by molar-refractivity contribution is 5.79. The zero-order valence-electron chi connectivity index (χ0n) is 16.0. The van der Waals surface area contributed by atoms with Gasteiger partial charge in [0.25, 0.3) is 0 Å². The number of aliphatic imine (C=N–C) groups is 1. The van der Waals surface area contributed by atoms with E-state index >= 15 is 0 Å². The summed E-state index contributed by atoms with van der Waals surface area (Å²) in [5.74, 6) is 2.22. The van der Waals surface area contributed by atoms with Gasteiger partial charge in [-0.05, 0) is 25.1 Å². The lowest BCUT2D eigenvalue weighted by Crippen LogP contribution is -2.47. The monoisotopic (exact) mass is 358 g/mol. The summed E-state index contributed by atoms with van der Waals surface area (Å²) in [5.41, 5.74) is 0.855. The third-order valence-electron chi connectivity index (χ3n) is 4.81. The SMILES string of the molecule is CN=C(NCc1nnc2ccccn12)NCC(C)CN1CCN(C)CC1. The van der Waals surface area contributed by atoms with Gasteiger partial charge in [0.05, 0.1) is 6.54 Å². The lowest BCUT2D eigenvalue weighted by Gasteiger charge is -2.34. The number of nitrogens with one attached hydrogen (secondary N) is 2. The van der Waals surface area contributed by atoms with Crippen molar-refractivity contribution in [3.63, 3.8) is 0 Å². The molecule has 1 unspecified atom stereocenters. The third kappa shape index (κ3) is 4.92. The van der Waals surface area contributed by atoms with E-state index in [2.05, 4.69) is 49.6 Å². The van der Waals surface area contributed by atoms with Gasteiger partial charge in [0.1, 0.15) is 0 Å². The summed E-state index contributed by atoms with van der Waals surface area (Å²) in [6.45, 7) is 9.52. The zero-order chi connectivity index (χ0) is 18.4. The molecule has 0 aromatic carbocycles. The molecule has 1 aliphatic heterocycles. The Labute approximate surface area is 155 Å². The smallest absolute Gasteiger partial charge is 0.191 e. The number of pyridine rings is 1. The van der Waals surface area contributed by atoms with Crippen LogP contribution in [0.3, 0.4) is 0 Å². The molecule has 0 amide bonds. The molecule has 1 aliphatic rings. The Balaban J connectivity index is 1.43. The van der Waals surface area contributed by atoms with Gasteiger partial charge >= 0.3 is 0 Å². The van der Waals surface area contributed by atoms with Crippen LogP contribution >= 0.6 is 0 Å². The van der Waals surface area contributed by atoms with Crippen molar-refractivity contribution in [3.05, 3.63) is 30.2 Å². The molecule has 0 saturated carbocycles. The van der Waals surface area contributed by atoms with Gasteiger partial charge in [-0.3, -0.25) is 9.39 Å². The minimum absolute atomic E-state index is 0.561. The second-order valence-electron chi connectivity index (χ2n) is 7.06. The molecule has 3 rings (SSSR count). The average Bonchev–Trinajstić information content (AvgIpc) is 3.07. The van der Waals surface area contributed by atoms with Crippen LogP contribution < -0.4 is 10.6 Å². The van der Waals surface area contributed by atoms with E-state index in [1.165, 1.54) is 0 Å². The van der Waals surface area contributed by atoms with Crippen LogP contribution in [0.1, 0.15) is 12.7 Å². The van der Waals surface area contributed by atoms with Crippen LogP contribution in [0.5, 0.6) is 0 Å². The number of fused-ring (bicyclic) bond motifs is 1. The molecule has 2 aromatic rings. The van der Waals surface area contributed by atoms with E-state index in [9.17, 15) is 0 Å². The van der Waals surface area contributed by atoms with Gasteiger partial charge in [0.2, 0.25) is 0 Å². The molecular formula is C18H30N8. The highest BCUT2D eigenvalue weighted by Gasteiger charge is 2.16. The van der Waals surface area contributed by atoms with Crippen LogP contribution in [-0.4, -0.2) is 83.7 Å². The summed E-state index contributed by atoms with van der Waals surface area (Å²) >= 11 is 0. The fourth-order valence-electron chi connectivity index (χ4n) is 3.20. The highest BCUT2D eigenvalue weighted by Crippen LogP contribution is 2.04. The van der Waals surface area contributed by atoms with Crippen molar-refractivity contribution in [1.29, 1.82) is 0 Å². The zero-order valence-corrected chi connectivity index (χ0v) is 16.0. The number of aromatic nitrogens is 3. The van der Waals surface area contributed by atoms with Gasteiger partial charge in [-0.15, -0.1) is 10.2 Å². The Kier molecular flexibility index (Phi) is 6.40. The van der Waals surface area contributed by atoms with Crippen molar-refractivity contribution in [1.82, 2.24) is 35.0 Å². The summed E-state index contributed by atoms with van der Waals surface area (Å²) in [4.78, 5) is 9.25. The molecule has 8 nitrogen and oxygen atoms in total. The number of hydrogen-bond acceptors (Lipinski definition) is 5. The maximum atomic E-state index is 4.31. The number of piperazine rings is 1. The Morgan fingerprint density at radius 2 is 2.00 bits per heavy atom. The Morgan fingerprint density at radius 1 is 1.19 bits per heavy atom. The first kappa shape index (κ1) is 18.6. The summed E-state index contributed by atoms with van der Waals surface area (Å²) in [7, 11) is 3.99. The minimum Gasteiger partial charge on any atom is -0.356 e. The van der Waals surface area contributed by atoms with Gasteiger partial charge in [0, 0.05) is 52.5 Å². The predicted octanol–water partition coefficient (Wildman–Crippen LogP) is 0.278. The molecule has 26 heavy (non-hydrogen) atoms. The van der Waals surface area contributed by atoms with E-state index in [1.54, 1.807) is 7.05 Å². The first-order chi connectivity index (χ1) is 12.7. The predicted molar refractivity (Wildman–Crippen MR) is 104 cm³/mol. The molecule has 2 N–H and O–H groups in total. The molecule has 142 valence electrons. The molecule has 8 heteroatoms. The van der Waals surface area contributed by atoms with Crippen molar-refractivity contribution in [3.8, 4) is 0 Å². The first-order valence-electron chi connectivity index (χ1n) is 9.29. The van der Waals surface area contributed by atoms with Crippen LogP contribution in [-0.2, 0) is 6.54 Å². The lowest BCUT2D eigenvalue weighted by atomic mass is 10.1. The quantitative estimate of drug-likeness (QED) is 0.571. The Morgan fingerprint density at radius 3 is 2.77 bits per heavy atom. The van der Waals surface area contributed by atoms with Crippen LogP contribution in [0.2, 0.25) is 0 Å². The number of likely N-dealkylation sites (N-methyl/N-ethyl adjacent to an activating group) is 1. The summed E-state index contributed by atoms with van der Waals surface area (Å²) in [5, 5.41) is 15.2. The van der Waals surface area contributed by atoms with E-state index in [-0.39, 0.29) is 0 Å². The van der Waals surface area contributed by atoms with Crippen molar-refractivity contribution >= 4 is 11.6 Å². The minimum atomic E-state index is 0.561. The molecular weight excluding hydrogens is 328 g/mol. The van der Waals surface area contributed by atoms with Crippen LogP contribution in [0, 0.1) is 5.92 Å². The highest BCUT2D eigenvalue weighted by atomic mass is 15.3. The molecule has 0 spiro atoms. The molecule has 1 fully saturated rings. The van der Waals surface area contributed by atoms with Gasteiger partial charge < -0.3 is 20.4 Å². The number of rotatable bonds is 6. The van der Waals surface area contributed by atoms with E-state index < -0.39 is 0 Å². The van der Waals surface area contributed by atoms with Crippen molar-refractivity contribution in [2.75, 3.05) is 53.4 Å². The van der Waals surface area contributed by atoms with Crippen molar-refractivity contribution in [2.24, 2.45) is 10.9 Å². The molecule has 0 aliphatic carbocycles.